The van der Waals surface area contributed by atoms with Crippen LogP contribution in [0.4, 0.5) is 41.1 Å². The summed E-state index contributed by atoms with van der Waals surface area (Å²) in [6.07, 6.45) is -1.83. The number of rotatable bonds is 5. The first-order valence-corrected chi connectivity index (χ1v) is 9.32. The Morgan fingerprint density at radius 1 is 1.09 bits per heavy atom. The van der Waals surface area contributed by atoms with Gasteiger partial charge in [0.15, 0.2) is 5.82 Å². The van der Waals surface area contributed by atoms with Crippen LogP contribution < -0.4 is 19.9 Å². The minimum Gasteiger partial charge on any atom is -0.497 e. The maximum atomic E-state index is 13.4. The number of benzene rings is 1. The number of halogens is 3. The lowest BCUT2D eigenvalue weighted by Gasteiger charge is -2.36. The van der Waals surface area contributed by atoms with E-state index >= 15 is 0 Å². The summed E-state index contributed by atoms with van der Waals surface area (Å²) >= 11 is 0. The number of hydrogen-bond acceptors (Lipinski definition) is 7. The molecule has 9 nitrogen and oxygen atoms in total. The second kappa shape index (κ2) is 8.21. The summed E-state index contributed by atoms with van der Waals surface area (Å²) in [4.78, 5) is 28.0. The van der Waals surface area contributed by atoms with Crippen LogP contribution in [0.5, 0.6) is 11.6 Å². The van der Waals surface area contributed by atoms with Crippen LogP contribution in [0.25, 0.3) is 0 Å². The Morgan fingerprint density at radius 2 is 1.81 bits per heavy atom. The quantitative estimate of drug-likeness (QED) is 0.614. The number of nitrogens with zero attached hydrogens (tertiary/aromatic N) is 5. The number of hydrogen-bond donors (Lipinski definition) is 2. The number of alkyl halides is 3. The fourth-order valence-electron chi connectivity index (χ4n) is 3.12. The summed E-state index contributed by atoms with van der Waals surface area (Å²) in [5, 5.41) is 11.6. The van der Waals surface area contributed by atoms with Crippen LogP contribution >= 0.6 is 0 Å². The van der Waals surface area contributed by atoms with E-state index in [9.17, 15) is 23.1 Å². The third-order valence-corrected chi connectivity index (χ3v) is 4.63. The molecule has 0 saturated carbocycles. The van der Waals surface area contributed by atoms with Crippen LogP contribution in [0.1, 0.15) is 5.56 Å². The standard InChI is InChI=1S/C20H17F3N6O3/c1-32-15-5-2-13(3-6-15)28-10-12-8-25-18(26-11-20(21,22)23)27-17(12)29(19(28)31)14-4-7-16(30)24-9-14/h2-9H,10-11H2,1H3,(H,24,30)(H,25,26,27). The van der Waals surface area contributed by atoms with Crippen molar-refractivity contribution in [2.24, 2.45) is 0 Å². The van der Waals surface area contributed by atoms with Gasteiger partial charge in [0.05, 0.1) is 25.5 Å². The lowest BCUT2D eigenvalue weighted by Crippen LogP contribution is -2.45. The number of aromatic hydroxyl groups is 1. The van der Waals surface area contributed by atoms with Crippen molar-refractivity contribution < 1.29 is 27.8 Å². The minimum atomic E-state index is -4.46. The Morgan fingerprint density at radius 3 is 2.44 bits per heavy atom. The molecule has 3 heterocycles. The monoisotopic (exact) mass is 446 g/mol. The van der Waals surface area contributed by atoms with Gasteiger partial charge in [0.25, 0.3) is 0 Å². The number of methoxy groups -OCH3 is 1. The number of carbonyl (C=O) groups is 1. The second-order valence-corrected chi connectivity index (χ2v) is 6.79. The predicted octanol–water partition coefficient (Wildman–Crippen LogP) is 3.84. The predicted molar refractivity (Wildman–Crippen MR) is 109 cm³/mol. The van der Waals surface area contributed by atoms with E-state index in [4.69, 9.17) is 4.74 Å². The average Bonchev–Trinajstić information content (AvgIpc) is 2.78. The number of nitrogens with one attached hydrogen (secondary N) is 1. The molecule has 2 amide bonds. The summed E-state index contributed by atoms with van der Waals surface area (Å²) < 4.78 is 42.9. The zero-order chi connectivity index (χ0) is 22.9. The van der Waals surface area contributed by atoms with E-state index in [1.165, 1.54) is 41.4 Å². The van der Waals surface area contributed by atoms with E-state index in [1.54, 1.807) is 24.3 Å². The number of amides is 2. The third-order valence-electron chi connectivity index (χ3n) is 4.63. The minimum absolute atomic E-state index is 0.0993. The first-order valence-electron chi connectivity index (χ1n) is 9.32. The fraction of sp³-hybridized carbons (Fsp3) is 0.200. The van der Waals surface area contributed by atoms with Gasteiger partial charge < -0.3 is 15.2 Å². The molecule has 12 heteroatoms. The highest BCUT2D eigenvalue weighted by molar-refractivity contribution is 6.10. The first kappa shape index (κ1) is 21.2. The van der Waals surface area contributed by atoms with Gasteiger partial charge in [-0.3, -0.25) is 4.90 Å². The molecule has 2 N–H and O–H groups in total. The number of pyridine rings is 1. The number of urea groups is 1. The topological polar surface area (TPSA) is 104 Å². The number of carbonyl (C=O) groups excluding carboxylic acids is 1. The molecule has 0 bridgehead atoms. The molecule has 0 fully saturated rings. The fourth-order valence-corrected chi connectivity index (χ4v) is 3.12. The van der Waals surface area contributed by atoms with Crippen molar-refractivity contribution in [3.63, 3.8) is 0 Å². The van der Waals surface area contributed by atoms with Gasteiger partial charge in [-0.1, -0.05) is 0 Å². The molecule has 0 radical (unpaired) electrons. The Bertz CT molecular complexity index is 1120. The van der Waals surface area contributed by atoms with E-state index in [-0.39, 0.29) is 29.9 Å². The molecule has 1 aliphatic rings. The molecule has 0 aliphatic carbocycles. The number of fused-ring (bicyclic) bond motifs is 1. The van der Waals surface area contributed by atoms with E-state index in [2.05, 4.69) is 20.3 Å². The molecule has 166 valence electrons. The normalized spacial score (nSPS) is 13.7. The van der Waals surface area contributed by atoms with Gasteiger partial charge in [0.1, 0.15) is 12.3 Å². The smallest absolute Gasteiger partial charge is 0.405 e. The highest BCUT2D eigenvalue weighted by atomic mass is 19.4. The second-order valence-electron chi connectivity index (χ2n) is 6.79. The summed E-state index contributed by atoms with van der Waals surface area (Å²) in [6.45, 7) is -1.22. The molecule has 1 aliphatic heterocycles. The summed E-state index contributed by atoms with van der Waals surface area (Å²) in [5.41, 5.74) is 1.34. The van der Waals surface area contributed by atoms with Crippen LogP contribution in [0.15, 0.2) is 48.8 Å². The molecule has 1 aromatic carbocycles. The van der Waals surface area contributed by atoms with Gasteiger partial charge in [-0.25, -0.2) is 19.7 Å². The van der Waals surface area contributed by atoms with E-state index < -0.39 is 18.8 Å². The summed E-state index contributed by atoms with van der Waals surface area (Å²) in [6, 6.07) is 9.04. The summed E-state index contributed by atoms with van der Waals surface area (Å²) in [7, 11) is 1.53. The lowest BCUT2D eigenvalue weighted by molar-refractivity contribution is -0.115. The Hall–Kier alpha value is -4.09. The van der Waals surface area contributed by atoms with Crippen LogP contribution in [-0.4, -0.2) is 45.9 Å². The number of aromatic nitrogens is 3. The Balaban J connectivity index is 1.75. The molecular weight excluding hydrogens is 429 g/mol. The van der Waals surface area contributed by atoms with E-state index in [0.29, 0.717) is 17.0 Å². The average molecular weight is 446 g/mol. The van der Waals surface area contributed by atoms with Crippen molar-refractivity contribution in [3.05, 3.63) is 54.4 Å². The van der Waals surface area contributed by atoms with Gasteiger partial charge in [0, 0.05) is 23.5 Å². The Labute approximate surface area is 180 Å². The molecule has 2 aromatic heterocycles. The molecule has 0 unspecified atom stereocenters. The first-order chi connectivity index (χ1) is 15.2. The number of ether oxygens (including phenoxy) is 1. The van der Waals surface area contributed by atoms with Gasteiger partial charge in [-0.2, -0.15) is 18.2 Å². The molecule has 3 aromatic rings. The van der Waals surface area contributed by atoms with Crippen LogP contribution in [0, 0.1) is 0 Å². The maximum absolute atomic E-state index is 13.4. The highest BCUT2D eigenvalue weighted by Gasteiger charge is 2.35. The molecule has 4 rings (SSSR count). The van der Waals surface area contributed by atoms with Crippen molar-refractivity contribution >= 4 is 29.2 Å². The third kappa shape index (κ3) is 4.33. The van der Waals surface area contributed by atoms with Gasteiger partial charge in [-0.15, -0.1) is 0 Å². The van der Waals surface area contributed by atoms with Crippen LogP contribution in [0.3, 0.4) is 0 Å². The van der Waals surface area contributed by atoms with Crippen molar-refractivity contribution in [2.45, 2.75) is 12.7 Å². The van der Waals surface area contributed by atoms with Crippen molar-refractivity contribution in [3.8, 4) is 11.6 Å². The van der Waals surface area contributed by atoms with Crippen LogP contribution in [0.2, 0.25) is 0 Å². The maximum Gasteiger partial charge on any atom is 0.405 e. The Kier molecular flexibility index (Phi) is 5.43. The zero-order valence-corrected chi connectivity index (χ0v) is 16.7. The van der Waals surface area contributed by atoms with Crippen molar-refractivity contribution in [2.75, 3.05) is 28.8 Å². The van der Waals surface area contributed by atoms with E-state index in [1.807, 2.05) is 0 Å². The van der Waals surface area contributed by atoms with Gasteiger partial charge >= 0.3 is 12.2 Å². The molecule has 32 heavy (non-hydrogen) atoms. The van der Waals surface area contributed by atoms with Crippen LogP contribution in [-0.2, 0) is 6.54 Å². The van der Waals surface area contributed by atoms with E-state index in [0.717, 1.165) is 0 Å². The molecule has 0 spiro atoms. The number of anilines is 4. The van der Waals surface area contributed by atoms with Gasteiger partial charge in [-0.05, 0) is 30.3 Å². The highest BCUT2D eigenvalue weighted by Crippen LogP contribution is 2.36. The SMILES string of the molecule is COc1ccc(N2Cc3cnc(NCC(F)(F)F)nc3N(c3ccc(O)nc3)C2=O)cc1. The largest absolute Gasteiger partial charge is 0.497 e. The zero-order valence-electron chi connectivity index (χ0n) is 16.7. The van der Waals surface area contributed by atoms with Crippen molar-refractivity contribution in [1.82, 2.24) is 15.0 Å². The summed E-state index contributed by atoms with van der Waals surface area (Å²) in [5.74, 6) is 0.206. The van der Waals surface area contributed by atoms with Gasteiger partial charge in [0.2, 0.25) is 11.8 Å². The molecule has 0 atom stereocenters. The lowest BCUT2D eigenvalue weighted by atomic mass is 10.1. The molecular formula is C20H17F3N6O3. The molecule has 0 saturated heterocycles. The van der Waals surface area contributed by atoms with Crippen molar-refractivity contribution in [1.29, 1.82) is 0 Å².